The first-order chi connectivity index (χ1) is 14.0. The zero-order chi connectivity index (χ0) is 21.1. The van der Waals surface area contributed by atoms with Crippen molar-refractivity contribution >= 4 is 17.6 Å². The van der Waals surface area contributed by atoms with Crippen LogP contribution in [-0.4, -0.2) is 31.7 Å². The fourth-order valence-corrected chi connectivity index (χ4v) is 2.57. The van der Waals surface area contributed by atoms with E-state index >= 15 is 0 Å². The summed E-state index contributed by atoms with van der Waals surface area (Å²) in [5.41, 5.74) is 1.18. The summed E-state index contributed by atoms with van der Waals surface area (Å²) in [6, 6.07) is 13.9. The lowest BCUT2D eigenvalue weighted by molar-refractivity contribution is -0.145. The molecule has 0 aromatic heterocycles. The van der Waals surface area contributed by atoms with Gasteiger partial charge in [0.1, 0.15) is 11.5 Å². The Hall–Kier alpha value is -3.02. The highest BCUT2D eigenvalue weighted by Gasteiger charge is 2.08. The molecule has 1 N–H and O–H groups in total. The molecule has 0 aliphatic heterocycles. The van der Waals surface area contributed by atoms with Crippen molar-refractivity contribution in [3.05, 3.63) is 54.1 Å². The highest BCUT2D eigenvalue weighted by atomic mass is 16.6. The predicted molar refractivity (Wildman–Crippen MR) is 113 cm³/mol. The molecule has 0 saturated heterocycles. The Labute approximate surface area is 172 Å². The second-order valence-electron chi connectivity index (χ2n) is 6.98. The van der Waals surface area contributed by atoms with Gasteiger partial charge in [-0.25, -0.2) is 4.79 Å². The van der Waals surface area contributed by atoms with E-state index in [1.807, 2.05) is 0 Å². The summed E-state index contributed by atoms with van der Waals surface area (Å²) in [5, 5.41) is 2.83. The van der Waals surface area contributed by atoms with Crippen LogP contribution in [0.5, 0.6) is 11.5 Å². The fourth-order valence-electron chi connectivity index (χ4n) is 2.57. The molecule has 0 atom stereocenters. The smallest absolute Gasteiger partial charge is 0.344 e. The quantitative estimate of drug-likeness (QED) is 0.438. The van der Waals surface area contributed by atoms with Gasteiger partial charge in [0.2, 0.25) is 0 Å². The topological polar surface area (TPSA) is 73.9 Å². The average Bonchev–Trinajstić information content (AvgIpc) is 2.71. The van der Waals surface area contributed by atoms with Crippen molar-refractivity contribution < 1.29 is 23.8 Å². The van der Waals surface area contributed by atoms with E-state index in [4.69, 9.17) is 14.2 Å². The van der Waals surface area contributed by atoms with Gasteiger partial charge in [-0.2, -0.15) is 0 Å². The molecule has 0 radical (unpaired) electrons. The van der Waals surface area contributed by atoms with Crippen molar-refractivity contribution in [3.63, 3.8) is 0 Å². The van der Waals surface area contributed by atoms with Gasteiger partial charge in [-0.15, -0.1) is 0 Å². The third-order valence-corrected chi connectivity index (χ3v) is 4.09. The lowest BCUT2D eigenvalue weighted by Gasteiger charge is -2.10. The van der Waals surface area contributed by atoms with Crippen LogP contribution in [0.15, 0.2) is 48.5 Å². The van der Waals surface area contributed by atoms with Gasteiger partial charge in [-0.1, -0.05) is 13.8 Å². The SMILES string of the molecule is CCOC(=O)COc1ccc(NC(=O)c2ccc(OCCCC(C)C)cc2)cc1. The highest BCUT2D eigenvalue weighted by molar-refractivity contribution is 6.04. The predicted octanol–water partition coefficient (Wildman–Crippen LogP) is 4.70. The molecule has 2 aromatic carbocycles. The Bertz CT molecular complexity index is 769. The minimum atomic E-state index is -0.419. The molecule has 0 spiro atoms. The molecule has 0 unspecified atom stereocenters. The molecule has 0 heterocycles. The highest BCUT2D eigenvalue weighted by Crippen LogP contribution is 2.18. The number of ether oxygens (including phenoxy) is 3. The maximum absolute atomic E-state index is 12.4. The van der Waals surface area contributed by atoms with E-state index in [0.717, 1.165) is 18.6 Å². The van der Waals surface area contributed by atoms with Gasteiger partial charge < -0.3 is 19.5 Å². The number of amides is 1. The standard InChI is InChI=1S/C23H29NO5/c1-4-27-22(25)16-29-21-13-9-19(10-14-21)24-23(26)18-7-11-20(12-8-18)28-15-5-6-17(2)3/h7-14,17H,4-6,15-16H2,1-3H3,(H,24,26). The van der Waals surface area contributed by atoms with Crippen LogP contribution in [0.4, 0.5) is 5.69 Å². The van der Waals surface area contributed by atoms with Gasteiger partial charge in [0.25, 0.3) is 5.91 Å². The molecule has 156 valence electrons. The van der Waals surface area contributed by atoms with Crippen molar-refractivity contribution in [2.45, 2.75) is 33.6 Å². The lowest BCUT2D eigenvalue weighted by atomic mass is 10.1. The van der Waals surface area contributed by atoms with E-state index < -0.39 is 5.97 Å². The van der Waals surface area contributed by atoms with E-state index in [1.54, 1.807) is 55.5 Å². The number of hydrogen-bond donors (Lipinski definition) is 1. The number of anilines is 1. The summed E-state index contributed by atoms with van der Waals surface area (Å²) >= 11 is 0. The first-order valence-corrected chi connectivity index (χ1v) is 9.90. The van der Waals surface area contributed by atoms with Crippen LogP contribution < -0.4 is 14.8 Å². The van der Waals surface area contributed by atoms with Crippen molar-refractivity contribution in [2.24, 2.45) is 5.92 Å². The molecule has 0 aliphatic rings. The average molecular weight is 399 g/mol. The zero-order valence-corrected chi connectivity index (χ0v) is 17.3. The zero-order valence-electron chi connectivity index (χ0n) is 17.3. The largest absolute Gasteiger partial charge is 0.494 e. The van der Waals surface area contributed by atoms with Gasteiger partial charge in [0.05, 0.1) is 13.2 Å². The third kappa shape index (κ3) is 8.25. The molecule has 6 nitrogen and oxygen atoms in total. The Morgan fingerprint density at radius 1 is 0.931 bits per heavy atom. The monoisotopic (exact) mass is 399 g/mol. The molecule has 0 bridgehead atoms. The summed E-state index contributed by atoms with van der Waals surface area (Å²) in [6.45, 7) is 6.97. The van der Waals surface area contributed by atoms with Gasteiger partial charge in [-0.05, 0) is 74.2 Å². The normalized spacial score (nSPS) is 10.5. The van der Waals surface area contributed by atoms with E-state index in [-0.39, 0.29) is 12.5 Å². The minimum absolute atomic E-state index is 0.147. The Morgan fingerprint density at radius 2 is 1.55 bits per heavy atom. The molecular weight excluding hydrogens is 370 g/mol. The molecule has 0 saturated carbocycles. The van der Waals surface area contributed by atoms with Crippen LogP contribution in [-0.2, 0) is 9.53 Å². The number of carbonyl (C=O) groups excluding carboxylic acids is 2. The summed E-state index contributed by atoms with van der Waals surface area (Å²) in [5.74, 6) is 1.32. The van der Waals surface area contributed by atoms with Crippen LogP contribution in [0.25, 0.3) is 0 Å². The van der Waals surface area contributed by atoms with Gasteiger partial charge >= 0.3 is 5.97 Å². The molecule has 6 heteroatoms. The number of carbonyl (C=O) groups is 2. The Kier molecular flexibility index (Phi) is 9.02. The van der Waals surface area contributed by atoms with Crippen molar-refractivity contribution in [1.29, 1.82) is 0 Å². The maximum Gasteiger partial charge on any atom is 0.344 e. The summed E-state index contributed by atoms with van der Waals surface area (Å²) in [4.78, 5) is 23.7. The van der Waals surface area contributed by atoms with E-state index in [9.17, 15) is 9.59 Å². The van der Waals surface area contributed by atoms with Gasteiger partial charge in [0.15, 0.2) is 6.61 Å². The van der Waals surface area contributed by atoms with Crippen LogP contribution in [0, 0.1) is 5.92 Å². The van der Waals surface area contributed by atoms with E-state index in [1.165, 1.54) is 0 Å². The van der Waals surface area contributed by atoms with E-state index in [0.29, 0.717) is 36.1 Å². The molecule has 0 fully saturated rings. The molecule has 2 rings (SSSR count). The number of benzene rings is 2. The number of nitrogens with one attached hydrogen (secondary N) is 1. The van der Waals surface area contributed by atoms with Gasteiger partial charge in [-0.3, -0.25) is 4.79 Å². The Morgan fingerprint density at radius 3 is 2.17 bits per heavy atom. The van der Waals surface area contributed by atoms with Crippen molar-refractivity contribution in [2.75, 3.05) is 25.1 Å². The van der Waals surface area contributed by atoms with Crippen LogP contribution in [0.1, 0.15) is 44.0 Å². The molecule has 29 heavy (non-hydrogen) atoms. The summed E-state index contributed by atoms with van der Waals surface area (Å²) in [6.07, 6.45) is 2.15. The second-order valence-corrected chi connectivity index (χ2v) is 6.98. The molecule has 1 amide bonds. The minimum Gasteiger partial charge on any atom is -0.494 e. The van der Waals surface area contributed by atoms with Gasteiger partial charge in [0, 0.05) is 11.3 Å². The van der Waals surface area contributed by atoms with Crippen LogP contribution >= 0.6 is 0 Å². The fraction of sp³-hybridized carbons (Fsp3) is 0.391. The molecular formula is C23H29NO5. The van der Waals surface area contributed by atoms with Crippen LogP contribution in [0.2, 0.25) is 0 Å². The number of rotatable bonds is 11. The third-order valence-electron chi connectivity index (χ3n) is 4.09. The Balaban J connectivity index is 1.81. The molecule has 2 aromatic rings. The molecule has 0 aliphatic carbocycles. The lowest BCUT2D eigenvalue weighted by Crippen LogP contribution is -2.14. The summed E-state index contributed by atoms with van der Waals surface area (Å²) in [7, 11) is 0. The van der Waals surface area contributed by atoms with Crippen LogP contribution in [0.3, 0.4) is 0 Å². The first kappa shape index (κ1) is 22.3. The number of hydrogen-bond acceptors (Lipinski definition) is 5. The first-order valence-electron chi connectivity index (χ1n) is 9.90. The summed E-state index contributed by atoms with van der Waals surface area (Å²) < 4.78 is 15.8. The maximum atomic E-state index is 12.4. The number of esters is 1. The second kappa shape index (κ2) is 11.7. The van der Waals surface area contributed by atoms with Crippen molar-refractivity contribution in [1.82, 2.24) is 0 Å². The van der Waals surface area contributed by atoms with Crippen molar-refractivity contribution in [3.8, 4) is 11.5 Å². The van der Waals surface area contributed by atoms with E-state index in [2.05, 4.69) is 19.2 Å².